The van der Waals surface area contributed by atoms with E-state index in [0.29, 0.717) is 24.3 Å². The Morgan fingerprint density at radius 3 is 2.26 bits per heavy atom. The van der Waals surface area contributed by atoms with Gasteiger partial charge in [-0.3, -0.25) is 24.4 Å². The van der Waals surface area contributed by atoms with Crippen LogP contribution in [0.5, 0.6) is 0 Å². The highest BCUT2D eigenvalue weighted by Crippen LogP contribution is 2.30. The molecule has 7 heteroatoms. The van der Waals surface area contributed by atoms with Gasteiger partial charge >= 0.3 is 5.91 Å². The van der Waals surface area contributed by atoms with Gasteiger partial charge in [0.2, 0.25) is 0 Å². The van der Waals surface area contributed by atoms with Crippen LogP contribution in [0.3, 0.4) is 0 Å². The predicted molar refractivity (Wildman–Crippen MR) is 117 cm³/mol. The summed E-state index contributed by atoms with van der Waals surface area (Å²) in [6, 6.07) is 12.9. The third-order valence-electron chi connectivity index (χ3n) is 5.47. The summed E-state index contributed by atoms with van der Waals surface area (Å²) in [4.78, 5) is 41.3. The van der Waals surface area contributed by atoms with Crippen LogP contribution < -0.4 is 10.1 Å². The van der Waals surface area contributed by atoms with E-state index in [-0.39, 0.29) is 28.3 Å². The van der Waals surface area contributed by atoms with Gasteiger partial charge in [0, 0.05) is 24.4 Å². The fourth-order valence-corrected chi connectivity index (χ4v) is 3.80. The second-order valence-corrected chi connectivity index (χ2v) is 7.71. The third kappa shape index (κ3) is 3.52. The van der Waals surface area contributed by atoms with Crippen molar-refractivity contribution < 1.29 is 14.2 Å². The zero-order chi connectivity index (χ0) is 22.1. The van der Waals surface area contributed by atoms with Crippen LogP contribution in [0.2, 0.25) is 0 Å². The Kier molecular flexibility index (Phi) is 5.42. The molecule has 0 aliphatic carbocycles. The zero-order valence-electron chi connectivity index (χ0n) is 17.9. The van der Waals surface area contributed by atoms with Crippen LogP contribution in [0.1, 0.15) is 36.6 Å². The van der Waals surface area contributed by atoms with Gasteiger partial charge in [-0.25, -0.2) is 4.68 Å². The van der Waals surface area contributed by atoms with E-state index < -0.39 is 5.91 Å². The van der Waals surface area contributed by atoms with Gasteiger partial charge in [-0.1, -0.05) is 31.5 Å². The maximum Gasteiger partial charge on any atom is 0.326 e. The number of hydrogen-bond acceptors (Lipinski definition) is 3. The van der Waals surface area contributed by atoms with E-state index in [1.165, 1.54) is 9.58 Å². The highest BCUT2D eigenvalue weighted by molar-refractivity contribution is 6.44. The average molecular weight is 417 g/mol. The molecule has 1 aliphatic rings. The number of para-hydroxylation sites is 1. The molecular weight excluding hydrogens is 392 g/mol. The smallest absolute Gasteiger partial charge is 0.295 e. The fraction of sp³-hybridized carbons (Fsp3) is 0.250. The minimum atomic E-state index is -0.430. The Morgan fingerprint density at radius 2 is 1.61 bits per heavy atom. The van der Waals surface area contributed by atoms with Gasteiger partial charge in [0.15, 0.2) is 12.4 Å². The number of unbranched alkanes of at least 4 members (excludes halogenated alkanes) is 1. The van der Waals surface area contributed by atoms with Crippen LogP contribution in [0.4, 0.5) is 0 Å². The lowest BCUT2D eigenvalue weighted by atomic mass is 10.1. The van der Waals surface area contributed by atoms with Gasteiger partial charge in [0.25, 0.3) is 17.2 Å². The lowest BCUT2D eigenvalue weighted by Crippen LogP contribution is -2.39. The first-order valence-corrected chi connectivity index (χ1v) is 10.4. The van der Waals surface area contributed by atoms with Crippen molar-refractivity contribution in [1.82, 2.24) is 14.7 Å². The van der Waals surface area contributed by atoms with Crippen molar-refractivity contribution in [2.75, 3.05) is 6.54 Å². The minimum absolute atomic E-state index is 0.142. The quantitative estimate of drug-likeness (QED) is 0.495. The number of aromatic nitrogens is 3. The Balaban J connectivity index is 1.94. The molecule has 0 unspecified atom stereocenters. The molecule has 2 amide bonds. The largest absolute Gasteiger partial charge is 0.326 e. The molecule has 2 aromatic heterocycles. The Hall–Kier alpha value is -3.74. The van der Waals surface area contributed by atoms with Crippen LogP contribution in [-0.2, 0) is 9.59 Å². The summed E-state index contributed by atoms with van der Waals surface area (Å²) in [5, 5.41) is 3.06. The molecule has 0 atom stereocenters. The number of aromatic amines is 1. The highest BCUT2D eigenvalue weighted by Gasteiger charge is 2.46. The van der Waals surface area contributed by atoms with Crippen molar-refractivity contribution in [3.8, 4) is 5.69 Å². The van der Waals surface area contributed by atoms with Crippen LogP contribution in [-0.4, -0.2) is 33.0 Å². The molecule has 4 rings (SSSR count). The second kappa shape index (κ2) is 8.18. The number of H-pyrrole nitrogens is 1. The number of carbonyl (C=O) groups excluding carboxylic acids is 2. The molecule has 0 spiro atoms. The Bertz CT molecular complexity index is 1230. The van der Waals surface area contributed by atoms with Crippen molar-refractivity contribution in [2.45, 2.75) is 33.6 Å². The maximum absolute atomic E-state index is 13.4. The number of imide groups is 1. The van der Waals surface area contributed by atoms with E-state index in [9.17, 15) is 14.4 Å². The van der Waals surface area contributed by atoms with E-state index in [1.807, 2.05) is 44.2 Å². The molecule has 3 heterocycles. The molecule has 158 valence electrons. The first-order valence-electron chi connectivity index (χ1n) is 10.4. The molecule has 1 N–H and O–H groups in total. The Labute approximate surface area is 180 Å². The van der Waals surface area contributed by atoms with E-state index >= 15 is 0 Å². The molecule has 7 nitrogen and oxygen atoms in total. The molecule has 1 aromatic carbocycles. The van der Waals surface area contributed by atoms with Gasteiger partial charge < -0.3 is 0 Å². The summed E-state index contributed by atoms with van der Waals surface area (Å²) in [6.07, 6.45) is 5.05. The second-order valence-electron chi connectivity index (χ2n) is 7.71. The van der Waals surface area contributed by atoms with Gasteiger partial charge in [-0.2, -0.15) is 4.57 Å². The van der Waals surface area contributed by atoms with E-state index in [4.69, 9.17) is 0 Å². The predicted octanol–water partition coefficient (Wildman–Crippen LogP) is 2.61. The van der Waals surface area contributed by atoms with Crippen LogP contribution in [0.15, 0.2) is 59.7 Å². The highest BCUT2D eigenvalue weighted by atomic mass is 16.2. The standard InChI is InChI=1S/C24H24N4O3/c1-4-5-13-27-22(29)20(21(24(27)31)26-14-11-16(2)12-15-26)19-17(3)25-28(23(19)30)18-9-7-6-8-10-18/h6-12,14-15H,4-5,13H2,1-3H3/p+1. The minimum Gasteiger partial charge on any atom is -0.295 e. The molecule has 0 bridgehead atoms. The number of rotatable bonds is 6. The zero-order valence-corrected chi connectivity index (χ0v) is 17.9. The molecule has 0 saturated heterocycles. The summed E-state index contributed by atoms with van der Waals surface area (Å²) in [5.74, 6) is -0.811. The number of hydrogen-bond donors (Lipinski definition) is 1. The summed E-state index contributed by atoms with van der Waals surface area (Å²) in [5.41, 5.74) is 2.44. The molecular formula is C24H25N4O3+. The molecule has 1 aliphatic heterocycles. The third-order valence-corrected chi connectivity index (χ3v) is 5.47. The van der Waals surface area contributed by atoms with E-state index in [0.717, 1.165) is 12.0 Å². The number of amides is 2. The van der Waals surface area contributed by atoms with Gasteiger partial charge in [0.05, 0.1) is 11.3 Å². The molecule has 0 radical (unpaired) electrons. The first-order chi connectivity index (χ1) is 14.9. The number of carbonyl (C=O) groups is 2. The number of benzene rings is 1. The monoisotopic (exact) mass is 417 g/mol. The number of nitrogens with one attached hydrogen (secondary N) is 1. The van der Waals surface area contributed by atoms with Crippen molar-refractivity contribution in [2.24, 2.45) is 0 Å². The first kappa shape index (κ1) is 20.5. The fourth-order valence-electron chi connectivity index (χ4n) is 3.80. The van der Waals surface area contributed by atoms with E-state index in [1.54, 1.807) is 36.0 Å². The van der Waals surface area contributed by atoms with Crippen molar-refractivity contribution in [1.29, 1.82) is 0 Å². The summed E-state index contributed by atoms with van der Waals surface area (Å²) >= 11 is 0. The lowest BCUT2D eigenvalue weighted by Gasteiger charge is -2.12. The molecule has 3 aromatic rings. The van der Waals surface area contributed by atoms with E-state index in [2.05, 4.69) is 5.10 Å². The van der Waals surface area contributed by atoms with Crippen molar-refractivity contribution in [3.05, 3.63) is 82.0 Å². The van der Waals surface area contributed by atoms with Crippen molar-refractivity contribution >= 4 is 23.1 Å². The van der Waals surface area contributed by atoms with Gasteiger partial charge in [-0.05, 0) is 38.0 Å². The normalized spacial score (nSPS) is 14.1. The summed E-state index contributed by atoms with van der Waals surface area (Å²) < 4.78 is 3.04. The van der Waals surface area contributed by atoms with Crippen molar-refractivity contribution in [3.63, 3.8) is 0 Å². The summed E-state index contributed by atoms with van der Waals surface area (Å²) in [7, 11) is 0. The molecule has 0 saturated carbocycles. The number of pyridine rings is 1. The summed E-state index contributed by atoms with van der Waals surface area (Å²) in [6.45, 7) is 6.02. The molecule has 0 fully saturated rings. The van der Waals surface area contributed by atoms with Gasteiger partial charge in [-0.15, -0.1) is 0 Å². The number of nitrogens with zero attached hydrogens (tertiary/aromatic N) is 3. The topological polar surface area (TPSA) is 79.1 Å². The lowest BCUT2D eigenvalue weighted by molar-refractivity contribution is -0.577. The van der Waals surface area contributed by atoms with Gasteiger partial charge in [0.1, 0.15) is 5.57 Å². The van der Waals surface area contributed by atoms with Crippen LogP contribution in [0.25, 0.3) is 17.0 Å². The SMILES string of the molecule is CCCCN1C(=O)C(c2c(C)[nH]n(-c3ccccc3)c2=O)=C([n+]2ccc(C)cc2)C1=O. The molecule has 31 heavy (non-hydrogen) atoms. The van der Waals surface area contributed by atoms with Crippen LogP contribution in [0, 0.1) is 13.8 Å². The average Bonchev–Trinajstić information content (AvgIpc) is 3.19. The Morgan fingerprint density at radius 1 is 0.935 bits per heavy atom. The van der Waals surface area contributed by atoms with Crippen LogP contribution >= 0.6 is 0 Å². The maximum atomic E-state index is 13.4. The number of aryl methyl sites for hydroxylation is 2.